The normalized spacial score (nSPS) is 14.0. The molecule has 1 saturated heterocycles. The number of rotatable bonds is 6. The Labute approximate surface area is 184 Å². The van der Waals surface area contributed by atoms with Crippen molar-refractivity contribution in [3.05, 3.63) is 61.1 Å². The number of hydrogen-bond donors (Lipinski definition) is 1. The number of anilines is 2. The van der Waals surface area contributed by atoms with Gasteiger partial charge in [-0.1, -0.05) is 0 Å². The van der Waals surface area contributed by atoms with E-state index in [0.29, 0.717) is 18.7 Å². The van der Waals surface area contributed by atoms with E-state index < -0.39 is 0 Å². The first-order chi connectivity index (χ1) is 15.8. The third kappa shape index (κ3) is 4.04. The molecule has 11 heteroatoms. The molecule has 4 aromatic rings. The Morgan fingerprint density at radius 1 is 0.938 bits per heavy atom. The van der Waals surface area contributed by atoms with Crippen molar-refractivity contribution in [2.75, 3.05) is 42.5 Å². The van der Waals surface area contributed by atoms with E-state index in [4.69, 9.17) is 0 Å². The minimum Gasteiger partial charge on any atom is -0.352 e. The quantitative estimate of drug-likeness (QED) is 0.473. The molecule has 0 atom stereocenters. The van der Waals surface area contributed by atoms with Gasteiger partial charge in [0.05, 0.1) is 23.7 Å². The zero-order chi connectivity index (χ0) is 21.8. The monoisotopic (exact) mass is 430 g/mol. The van der Waals surface area contributed by atoms with Crippen LogP contribution in [0.1, 0.15) is 10.4 Å². The molecule has 1 N–H and O–H groups in total. The zero-order valence-corrected chi connectivity index (χ0v) is 17.4. The number of pyridine rings is 1. The molecule has 0 bridgehead atoms. The van der Waals surface area contributed by atoms with Gasteiger partial charge in [-0.15, -0.1) is 0 Å². The highest BCUT2D eigenvalue weighted by atomic mass is 16.1. The lowest BCUT2D eigenvalue weighted by atomic mass is 10.3. The summed E-state index contributed by atoms with van der Waals surface area (Å²) in [6.07, 6.45) is 10.1. The van der Waals surface area contributed by atoms with Crippen molar-refractivity contribution in [1.82, 2.24) is 40.0 Å². The summed E-state index contributed by atoms with van der Waals surface area (Å²) in [5, 5.41) is 8.26. The van der Waals surface area contributed by atoms with Crippen LogP contribution in [0.2, 0.25) is 0 Å². The van der Waals surface area contributed by atoms with E-state index in [1.807, 2.05) is 6.07 Å². The predicted molar refractivity (Wildman–Crippen MR) is 118 cm³/mol. The molecule has 0 aliphatic carbocycles. The number of piperazine rings is 1. The Hall–Kier alpha value is -4.15. The molecule has 11 nitrogen and oxygen atoms in total. The van der Waals surface area contributed by atoms with Gasteiger partial charge in [0.2, 0.25) is 5.95 Å². The second-order valence-electron chi connectivity index (χ2n) is 7.32. The highest BCUT2D eigenvalue weighted by molar-refractivity contribution is 5.93. The molecule has 1 aliphatic heterocycles. The molecule has 5 rings (SSSR count). The molecular formula is C21H22N10O. The highest BCUT2D eigenvalue weighted by Gasteiger charge is 2.22. The van der Waals surface area contributed by atoms with Crippen LogP contribution in [0.4, 0.5) is 11.8 Å². The lowest BCUT2D eigenvalue weighted by Gasteiger charge is -2.35. The third-order valence-corrected chi connectivity index (χ3v) is 5.36. The van der Waals surface area contributed by atoms with Crippen LogP contribution in [0.3, 0.4) is 0 Å². The number of nitrogens with one attached hydrogen (secondary N) is 1. The summed E-state index contributed by atoms with van der Waals surface area (Å²) in [5.74, 6) is 1.46. The Kier molecular flexibility index (Phi) is 5.52. The van der Waals surface area contributed by atoms with Gasteiger partial charge < -0.3 is 15.1 Å². The van der Waals surface area contributed by atoms with E-state index in [0.717, 1.165) is 49.0 Å². The van der Waals surface area contributed by atoms with Crippen LogP contribution in [-0.2, 0) is 6.54 Å². The zero-order valence-electron chi connectivity index (χ0n) is 17.4. The summed E-state index contributed by atoms with van der Waals surface area (Å²) in [5.41, 5.74) is 1.28. The van der Waals surface area contributed by atoms with E-state index >= 15 is 0 Å². The molecular weight excluding hydrogens is 408 g/mol. The Morgan fingerprint density at radius 2 is 1.75 bits per heavy atom. The van der Waals surface area contributed by atoms with Crippen LogP contribution >= 0.6 is 0 Å². The molecule has 0 saturated carbocycles. The molecule has 32 heavy (non-hydrogen) atoms. The van der Waals surface area contributed by atoms with Gasteiger partial charge in [0.15, 0.2) is 5.65 Å². The Morgan fingerprint density at radius 3 is 2.53 bits per heavy atom. The highest BCUT2D eigenvalue weighted by Crippen LogP contribution is 2.24. The topological polar surface area (TPSA) is 118 Å². The van der Waals surface area contributed by atoms with Crippen molar-refractivity contribution < 1.29 is 4.79 Å². The number of aromatic nitrogens is 7. The number of hydrogen-bond acceptors (Lipinski definition) is 9. The van der Waals surface area contributed by atoms with Crippen LogP contribution in [0.25, 0.3) is 11.0 Å². The fraction of sp³-hybridized carbons (Fsp3) is 0.286. The molecule has 4 aromatic heterocycles. The second-order valence-corrected chi connectivity index (χ2v) is 7.32. The number of nitrogens with zero attached hydrogens (tertiary/aromatic N) is 9. The lowest BCUT2D eigenvalue weighted by Crippen LogP contribution is -2.47. The van der Waals surface area contributed by atoms with Crippen molar-refractivity contribution >= 4 is 28.7 Å². The van der Waals surface area contributed by atoms with Gasteiger partial charge >= 0.3 is 0 Å². The molecule has 1 fully saturated rings. The molecule has 1 aliphatic rings. The smallest absolute Gasteiger partial charge is 0.252 e. The maximum Gasteiger partial charge on any atom is 0.252 e. The van der Waals surface area contributed by atoms with Crippen LogP contribution in [0.5, 0.6) is 0 Å². The molecule has 0 aromatic carbocycles. The van der Waals surface area contributed by atoms with Gasteiger partial charge in [-0.2, -0.15) is 5.10 Å². The average molecular weight is 430 g/mol. The molecule has 0 unspecified atom stereocenters. The summed E-state index contributed by atoms with van der Waals surface area (Å²) in [6, 6.07) is 5.29. The van der Waals surface area contributed by atoms with E-state index in [2.05, 4.69) is 45.1 Å². The largest absolute Gasteiger partial charge is 0.352 e. The fourth-order valence-electron chi connectivity index (χ4n) is 3.74. The molecule has 0 spiro atoms. The van der Waals surface area contributed by atoms with Gasteiger partial charge in [0.1, 0.15) is 12.1 Å². The number of fused-ring (bicyclic) bond motifs is 1. The van der Waals surface area contributed by atoms with Crippen molar-refractivity contribution in [3.8, 4) is 0 Å². The second kappa shape index (κ2) is 8.92. The molecule has 1 amide bonds. The van der Waals surface area contributed by atoms with Crippen molar-refractivity contribution in [2.45, 2.75) is 6.54 Å². The minimum atomic E-state index is -0.162. The van der Waals surface area contributed by atoms with Crippen molar-refractivity contribution in [1.29, 1.82) is 0 Å². The Balaban J connectivity index is 1.24. The standard InChI is InChI=1S/C21H22N10O/c32-20(16-3-1-4-22-13-16)23-7-8-31-19-17(14-28-31)18(26-15-27-19)29-9-11-30(12-10-29)21-24-5-2-6-25-21/h1-6,13-15H,7-12H2,(H,23,32). The Bertz CT molecular complexity index is 1190. The number of amides is 1. The number of carbonyl (C=O) groups is 1. The van der Waals surface area contributed by atoms with Gasteiger partial charge in [-0.25, -0.2) is 24.6 Å². The first-order valence-electron chi connectivity index (χ1n) is 10.4. The summed E-state index contributed by atoms with van der Waals surface area (Å²) in [7, 11) is 0. The van der Waals surface area contributed by atoms with Crippen LogP contribution < -0.4 is 15.1 Å². The summed E-state index contributed by atoms with van der Waals surface area (Å²) >= 11 is 0. The van der Waals surface area contributed by atoms with Crippen LogP contribution in [0, 0.1) is 0 Å². The average Bonchev–Trinajstić information content (AvgIpc) is 3.28. The van der Waals surface area contributed by atoms with Crippen LogP contribution in [0.15, 0.2) is 55.5 Å². The fourth-order valence-corrected chi connectivity index (χ4v) is 3.74. The van der Waals surface area contributed by atoms with Gasteiger partial charge in [-0.05, 0) is 18.2 Å². The lowest BCUT2D eigenvalue weighted by molar-refractivity contribution is 0.0951. The molecule has 162 valence electrons. The van der Waals surface area contributed by atoms with E-state index in [-0.39, 0.29) is 5.91 Å². The first-order valence-corrected chi connectivity index (χ1v) is 10.4. The predicted octanol–water partition coefficient (Wildman–Crippen LogP) is 0.768. The summed E-state index contributed by atoms with van der Waals surface area (Å²) < 4.78 is 1.79. The maximum atomic E-state index is 12.2. The summed E-state index contributed by atoms with van der Waals surface area (Å²) in [6.45, 7) is 4.16. The van der Waals surface area contributed by atoms with Gasteiger partial charge in [0, 0.05) is 57.5 Å². The van der Waals surface area contributed by atoms with Crippen molar-refractivity contribution in [3.63, 3.8) is 0 Å². The number of carbonyl (C=O) groups excluding carboxylic acids is 1. The van der Waals surface area contributed by atoms with Crippen molar-refractivity contribution in [2.24, 2.45) is 0 Å². The van der Waals surface area contributed by atoms with E-state index in [1.54, 1.807) is 54.1 Å². The van der Waals surface area contributed by atoms with Crippen LogP contribution in [-0.4, -0.2) is 73.3 Å². The first kappa shape index (κ1) is 19.8. The van der Waals surface area contributed by atoms with E-state index in [9.17, 15) is 4.79 Å². The summed E-state index contributed by atoms with van der Waals surface area (Å²) in [4.78, 5) is 38.2. The van der Waals surface area contributed by atoms with Gasteiger partial charge in [-0.3, -0.25) is 9.78 Å². The minimum absolute atomic E-state index is 0.162. The SMILES string of the molecule is O=C(NCCn1ncc2c(N3CCN(c4ncccn4)CC3)ncnc21)c1cccnc1. The molecule has 5 heterocycles. The van der Waals surface area contributed by atoms with E-state index in [1.165, 1.54) is 0 Å². The molecule has 0 radical (unpaired) electrons. The van der Waals surface area contributed by atoms with Gasteiger partial charge in [0.25, 0.3) is 5.91 Å². The maximum absolute atomic E-state index is 12.2. The third-order valence-electron chi connectivity index (χ3n) is 5.36.